The number of nitrogens with one attached hydrogen (secondary N) is 1. The van der Waals surface area contributed by atoms with Gasteiger partial charge in [-0.15, -0.1) is 4.73 Å². The summed E-state index contributed by atoms with van der Waals surface area (Å²) in [6, 6.07) is 6.01. The SMILES string of the molecule is CC(=O)N1C=CC(n2cc(-c3ccc4c(n3)[nH]c(=O)n4OC(C)c3c(Cl)ccc(F)c3Cl)cn2)CC1. The number of allylic oxidation sites excluding steroid dienone is 1. The molecule has 4 heterocycles. The van der Waals surface area contributed by atoms with E-state index in [1.807, 2.05) is 17.0 Å². The lowest BCUT2D eigenvalue weighted by Crippen LogP contribution is -2.29. The molecule has 3 aromatic heterocycles. The molecule has 1 N–H and O–H groups in total. The van der Waals surface area contributed by atoms with Crippen molar-refractivity contribution in [3.05, 3.63) is 80.8 Å². The highest BCUT2D eigenvalue weighted by Gasteiger charge is 2.22. The quantitative estimate of drug-likeness (QED) is 0.382. The van der Waals surface area contributed by atoms with Crippen molar-refractivity contribution >= 4 is 40.3 Å². The third-order valence-electron chi connectivity index (χ3n) is 6.05. The van der Waals surface area contributed by atoms with Crippen molar-refractivity contribution in [2.75, 3.05) is 6.54 Å². The molecule has 12 heteroatoms. The number of carbonyl (C=O) groups excluding carboxylic acids is 1. The summed E-state index contributed by atoms with van der Waals surface area (Å²) in [6.45, 7) is 3.77. The lowest BCUT2D eigenvalue weighted by atomic mass is 10.1. The largest absolute Gasteiger partial charge is 0.401 e. The predicted octanol–water partition coefficient (Wildman–Crippen LogP) is 4.53. The Morgan fingerprint density at radius 1 is 1.28 bits per heavy atom. The molecule has 1 aliphatic rings. The molecule has 1 aliphatic heterocycles. The Morgan fingerprint density at radius 2 is 2.08 bits per heavy atom. The molecule has 0 radical (unpaired) electrons. The summed E-state index contributed by atoms with van der Waals surface area (Å²) in [6.07, 6.45) is 7.20. The third kappa shape index (κ3) is 4.38. The van der Waals surface area contributed by atoms with Gasteiger partial charge >= 0.3 is 5.69 Å². The number of nitrogens with zero attached hydrogens (tertiary/aromatic N) is 5. The zero-order valence-corrected chi connectivity index (χ0v) is 20.8. The van der Waals surface area contributed by atoms with Crippen LogP contribution < -0.4 is 10.5 Å². The van der Waals surface area contributed by atoms with Crippen molar-refractivity contribution in [2.24, 2.45) is 0 Å². The normalized spacial score (nSPS) is 16.5. The summed E-state index contributed by atoms with van der Waals surface area (Å²) in [5.41, 5.74) is 1.76. The Balaban J connectivity index is 1.40. The maximum Gasteiger partial charge on any atom is 0.360 e. The van der Waals surface area contributed by atoms with Crippen LogP contribution in [0, 0.1) is 5.82 Å². The Bertz CT molecular complexity index is 1560. The van der Waals surface area contributed by atoms with Crippen molar-refractivity contribution in [1.82, 2.24) is 29.4 Å². The molecule has 9 nitrogen and oxygen atoms in total. The summed E-state index contributed by atoms with van der Waals surface area (Å²) in [5, 5.41) is 4.51. The van der Waals surface area contributed by atoms with Crippen LogP contribution >= 0.6 is 23.2 Å². The molecule has 36 heavy (non-hydrogen) atoms. The number of H-pyrrole nitrogens is 1. The molecule has 2 atom stereocenters. The van der Waals surface area contributed by atoms with E-state index in [1.54, 1.807) is 36.4 Å². The molecule has 0 spiro atoms. The Kier molecular flexibility index (Phi) is 6.31. The van der Waals surface area contributed by atoms with E-state index in [0.717, 1.165) is 22.8 Å². The van der Waals surface area contributed by atoms with Gasteiger partial charge in [-0.3, -0.25) is 14.5 Å². The summed E-state index contributed by atoms with van der Waals surface area (Å²) in [5.74, 6) is -0.630. The zero-order valence-electron chi connectivity index (χ0n) is 19.3. The summed E-state index contributed by atoms with van der Waals surface area (Å²) < 4.78 is 16.8. The van der Waals surface area contributed by atoms with Gasteiger partial charge in [0.15, 0.2) is 11.8 Å². The maximum absolute atomic E-state index is 13.9. The van der Waals surface area contributed by atoms with Gasteiger partial charge in [0.05, 0.1) is 23.0 Å². The van der Waals surface area contributed by atoms with E-state index in [1.165, 1.54) is 13.0 Å². The Labute approximate surface area is 214 Å². The number of fused-ring (bicyclic) bond motifs is 1. The van der Waals surface area contributed by atoms with Crippen LogP contribution in [0.2, 0.25) is 10.0 Å². The highest BCUT2D eigenvalue weighted by molar-refractivity contribution is 6.36. The van der Waals surface area contributed by atoms with Gasteiger partial charge in [0.2, 0.25) is 5.91 Å². The standard InChI is InChI=1S/C24H21Cl2FN6O3/c1-13(21-17(25)3-4-18(27)22(21)26)36-33-20-6-5-19(29-23(20)30-24(33)35)15-11-28-32(12-15)16-7-9-31(10-8-16)14(2)34/h3-7,9,11-13,16H,8,10H2,1-2H3,(H,29,30,35). The summed E-state index contributed by atoms with van der Waals surface area (Å²) in [4.78, 5) is 38.8. The lowest BCUT2D eigenvalue weighted by molar-refractivity contribution is -0.126. The van der Waals surface area contributed by atoms with Crippen molar-refractivity contribution < 1.29 is 14.0 Å². The van der Waals surface area contributed by atoms with E-state index < -0.39 is 17.6 Å². The molecular formula is C24H21Cl2FN6O3. The predicted molar refractivity (Wildman–Crippen MR) is 133 cm³/mol. The molecule has 0 bridgehead atoms. The van der Waals surface area contributed by atoms with Crippen LogP contribution in [0.1, 0.15) is 38.0 Å². The number of hydrogen-bond acceptors (Lipinski definition) is 5. The first-order chi connectivity index (χ1) is 17.2. The van der Waals surface area contributed by atoms with Crippen molar-refractivity contribution in [1.29, 1.82) is 0 Å². The highest BCUT2D eigenvalue weighted by atomic mass is 35.5. The van der Waals surface area contributed by atoms with E-state index in [9.17, 15) is 14.0 Å². The number of rotatable bonds is 5. The molecule has 0 saturated heterocycles. The third-order valence-corrected chi connectivity index (χ3v) is 6.76. The minimum absolute atomic E-state index is 0.00443. The number of aromatic nitrogens is 5. The number of benzene rings is 1. The lowest BCUT2D eigenvalue weighted by Gasteiger charge is -2.25. The van der Waals surface area contributed by atoms with Gasteiger partial charge in [-0.25, -0.2) is 14.2 Å². The van der Waals surface area contributed by atoms with Crippen LogP contribution in [-0.2, 0) is 4.79 Å². The molecule has 4 aromatic rings. The zero-order chi connectivity index (χ0) is 25.6. The van der Waals surface area contributed by atoms with Gasteiger partial charge < -0.3 is 9.74 Å². The van der Waals surface area contributed by atoms with E-state index in [4.69, 9.17) is 28.0 Å². The molecule has 1 aromatic carbocycles. The summed E-state index contributed by atoms with van der Waals surface area (Å²) in [7, 11) is 0. The first-order valence-corrected chi connectivity index (χ1v) is 11.9. The minimum Gasteiger partial charge on any atom is -0.401 e. The molecule has 0 fully saturated rings. The van der Waals surface area contributed by atoms with Gasteiger partial charge in [-0.1, -0.05) is 23.2 Å². The number of amides is 1. The fraction of sp³-hybridized carbons (Fsp3) is 0.250. The molecular weight excluding hydrogens is 510 g/mol. The molecule has 5 rings (SSSR count). The van der Waals surface area contributed by atoms with E-state index in [-0.39, 0.29) is 27.6 Å². The average Bonchev–Trinajstić information content (AvgIpc) is 3.46. The molecule has 0 aliphatic carbocycles. The topological polar surface area (TPSA) is 98.0 Å². The van der Waals surface area contributed by atoms with Crippen LogP contribution in [-0.4, -0.2) is 41.8 Å². The van der Waals surface area contributed by atoms with Crippen LogP contribution in [0.5, 0.6) is 0 Å². The second kappa shape index (κ2) is 9.44. The van der Waals surface area contributed by atoms with Crippen LogP contribution in [0.15, 0.2) is 53.7 Å². The van der Waals surface area contributed by atoms with Gasteiger partial charge in [-0.05, 0) is 43.7 Å². The fourth-order valence-electron chi connectivity index (χ4n) is 4.14. The van der Waals surface area contributed by atoms with Gasteiger partial charge in [0.1, 0.15) is 11.3 Å². The first kappa shape index (κ1) is 24.1. The highest BCUT2D eigenvalue weighted by Crippen LogP contribution is 2.33. The van der Waals surface area contributed by atoms with Gasteiger partial charge in [-0.2, -0.15) is 5.10 Å². The van der Waals surface area contributed by atoms with Crippen molar-refractivity contribution in [3.8, 4) is 11.3 Å². The molecule has 2 unspecified atom stereocenters. The molecule has 186 valence electrons. The smallest absolute Gasteiger partial charge is 0.360 e. The van der Waals surface area contributed by atoms with Crippen molar-refractivity contribution in [3.63, 3.8) is 0 Å². The van der Waals surface area contributed by atoms with Gasteiger partial charge in [0.25, 0.3) is 0 Å². The average molecular weight is 531 g/mol. The van der Waals surface area contributed by atoms with Crippen molar-refractivity contribution in [2.45, 2.75) is 32.4 Å². The van der Waals surface area contributed by atoms with E-state index in [2.05, 4.69) is 15.1 Å². The minimum atomic E-state index is -0.821. The Hall–Kier alpha value is -3.63. The Morgan fingerprint density at radius 3 is 2.81 bits per heavy atom. The second-order valence-electron chi connectivity index (χ2n) is 8.41. The van der Waals surface area contributed by atoms with Crippen LogP contribution in [0.25, 0.3) is 22.4 Å². The van der Waals surface area contributed by atoms with E-state index >= 15 is 0 Å². The van der Waals surface area contributed by atoms with E-state index in [0.29, 0.717) is 23.4 Å². The number of halogens is 3. The number of carbonyl (C=O) groups is 1. The number of hydrogen-bond donors (Lipinski definition) is 1. The number of aromatic amines is 1. The van der Waals surface area contributed by atoms with Crippen LogP contribution in [0.3, 0.4) is 0 Å². The van der Waals surface area contributed by atoms with Crippen LogP contribution in [0.4, 0.5) is 4.39 Å². The monoisotopic (exact) mass is 530 g/mol. The fourth-order valence-corrected chi connectivity index (χ4v) is 4.82. The van der Waals surface area contributed by atoms with Gasteiger partial charge in [0, 0.05) is 42.0 Å². The number of pyridine rings is 1. The second-order valence-corrected chi connectivity index (χ2v) is 9.20. The maximum atomic E-state index is 13.9. The first-order valence-electron chi connectivity index (χ1n) is 11.2. The number of imidazole rings is 1. The summed E-state index contributed by atoms with van der Waals surface area (Å²) >= 11 is 12.3. The molecule has 0 saturated carbocycles. The molecule has 1 amide bonds.